The molecule has 0 amide bonds. The number of aryl methyl sites for hydroxylation is 1. The van der Waals surface area contributed by atoms with Crippen molar-refractivity contribution in [3.8, 4) is 0 Å². The molecule has 2 heteroatoms. The highest BCUT2D eigenvalue weighted by Crippen LogP contribution is 2.22. The number of hydrogen-bond acceptors (Lipinski definition) is 2. The molecular weight excluding hydrogens is 178 g/mol. The van der Waals surface area contributed by atoms with Crippen LogP contribution in [0, 0.1) is 0 Å². The van der Waals surface area contributed by atoms with Crippen molar-refractivity contribution >= 4 is 11.3 Å². The van der Waals surface area contributed by atoms with Crippen LogP contribution in [-0.2, 0) is 13.0 Å². The number of rotatable bonds is 0. The van der Waals surface area contributed by atoms with Crippen LogP contribution in [0.5, 0.6) is 0 Å². The summed E-state index contributed by atoms with van der Waals surface area (Å²) in [5.41, 5.74) is 1.56. The molecule has 0 saturated carbocycles. The van der Waals surface area contributed by atoms with Gasteiger partial charge in [0.2, 0.25) is 0 Å². The second-order valence-corrected chi connectivity index (χ2v) is 4.92. The van der Waals surface area contributed by atoms with Gasteiger partial charge in [0.25, 0.3) is 0 Å². The molecule has 0 atom stereocenters. The standard InChI is InChI=1S/C11H17NS/c1-12-7-4-2-3-5-11-10(9-12)6-8-13-11/h6,8H,2-5,7,9H2,1H3. The summed E-state index contributed by atoms with van der Waals surface area (Å²) in [5.74, 6) is 0. The molecule has 1 aliphatic heterocycles. The Labute approximate surface area is 84.4 Å². The average molecular weight is 195 g/mol. The monoisotopic (exact) mass is 195 g/mol. The third kappa shape index (κ3) is 2.32. The lowest BCUT2D eigenvalue weighted by Gasteiger charge is -2.14. The van der Waals surface area contributed by atoms with Crippen LogP contribution in [0.1, 0.15) is 29.7 Å². The highest BCUT2D eigenvalue weighted by atomic mass is 32.1. The quantitative estimate of drug-likeness (QED) is 0.615. The normalized spacial score (nSPS) is 20.1. The first-order valence-electron chi connectivity index (χ1n) is 5.10. The molecule has 2 heterocycles. The Morgan fingerprint density at radius 1 is 1.31 bits per heavy atom. The maximum atomic E-state index is 2.44. The highest BCUT2D eigenvalue weighted by molar-refractivity contribution is 7.10. The first-order chi connectivity index (χ1) is 6.36. The van der Waals surface area contributed by atoms with Gasteiger partial charge in [-0.25, -0.2) is 0 Å². The molecule has 0 spiro atoms. The van der Waals surface area contributed by atoms with Gasteiger partial charge in [0.15, 0.2) is 0 Å². The van der Waals surface area contributed by atoms with Crippen LogP contribution in [0.3, 0.4) is 0 Å². The molecule has 0 saturated heterocycles. The lowest BCUT2D eigenvalue weighted by atomic mass is 10.1. The Kier molecular flexibility index (Phi) is 3.01. The van der Waals surface area contributed by atoms with Crippen molar-refractivity contribution in [1.29, 1.82) is 0 Å². The van der Waals surface area contributed by atoms with Crippen molar-refractivity contribution in [2.75, 3.05) is 13.6 Å². The van der Waals surface area contributed by atoms with Gasteiger partial charge in [-0.2, -0.15) is 0 Å². The first-order valence-corrected chi connectivity index (χ1v) is 5.98. The van der Waals surface area contributed by atoms with Crippen LogP contribution in [0.4, 0.5) is 0 Å². The molecule has 1 aromatic rings. The SMILES string of the molecule is CN1CCCCCc2sccc2C1. The molecule has 0 unspecified atom stereocenters. The van der Waals surface area contributed by atoms with Gasteiger partial charge in [0.05, 0.1) is 0 Å². The zero-order valence-corrected chi connectivity index (χ0v) is 9.07. The molecule has 0 radical (unpaired) electrons. The Bertz CT molecular complexity index is 267. The van der Waals surface area contributed by atoms with Crippen molar-refractivity contribution in [1.82, 2.24) is 4.90 Å². The fraction of sp³-hybridized carbons (Fsp3) is 0.636. The molecule has 1 nitrogen and oxygen atoms in total. The Hall–Kier alpha value is -0.340. The topological polar surface area (TPSA) is 3.24 Å². The minimum absolute atomic E-state index is 1.15. The van der Waals surface area contributed by atoms with Gasteiger partial charge in [-0.1, -0.05) is 6.42 Å². The van der Waals surface area contributed by atoms with Gasteiger partial charge >= 0.3 is 0 Å². The molecule has 0 N–H and O–H groups in total. The minimum atomic E-state index is 1.15. The molecule has 0 fully saturated rings. The van der Waals surface area contributed by atoms with E-state index in [1.807, 2.05) is 11.3 Å². The summed E-state index contributed by atoms with van der Waals surface area (Å²) in [6.45, 7) is 2.41. The van der Waals surface area contributed by atoms with Crippen LogP contribution < -0.4 is 0 Å². The Balaban J connectivity index is 2.14. The van der Waals surface area contributed by atoms with Gasteiger partial charge in [-0.05, 0) is 49.9 Å². The van der Waals surface area contributed by atoms with E-state index in [4.69, 9.17) is 0 Å². The zero-order valence-electron chi connectivity index (χ0n) is 8.25. The summed E-state index contributed by atoms with van der Waals surface area (Å²) in [5, 5.41) is 2.24. The lowest BCUT2D eigenvalue weighted by Crippen LogP contribution is -2.18. The van der Waals surface area contributed by atoms with Crippen molar-refractivity contribution < 1.29 is 0 Å². The lowest BCUT2D eigenvalue weighted by molar-refractivity contribution is 0.321. The van der Waals surface area contributed by atoms with E-state index in [9.17, 15) is 0 Å². The van der Waals surface area contributed by atoms with E-state index in [0.717, 1.165) is 6.54 Å². The van der Waals surface area contributed by atoms with Crippen LogP contribution in [0.15, 0.2) is 11.4 Å². The van der Waals surface area contributed by atoms with Crippen LogP contribution in [-0.4, -0.2) is 18.5 Å². The summed E-state index contributed by atoms with van der Waals surface area (Å²) in [6.07, 6.45) is 5.44. The van der Waals surface area contributed by atoms with Gasteiger partial charge in [-0.3, -0.25) is 0 Å². The molecule has 72 valence electrons. The Morgan fingerprint density at radius 3 is 3.15 bits per heavy atom. The van der Waals surface area contributed by atoms with Crippen molar-refractivity contribution in [2.24, 2.45) is 0 Å². The zero-order chi connectivity index (χ0) is 9.10. The largest absolute Gasteiger partial charge is 0.302 e. The van der Waals surface area contributed by atoms with Crippen LogP contribution in [0.2, 0.25) is 0 Å². The Morgan fingerprint density at radius 2 is 2.23 bits per heavy atom. The number of hydrogen-bond donors (Lipinski definition) is 0. The van der Waals surface area contributed by atoms with Gasteiger partial charge in [0, 0.05) is 11.4 Å². The fourth-order valence-electron chi connectivity index (χ4n) is 1.94. The summed E-state index contributed by atoms with van der Waals surface area (Å²) < 4.78 is 0. The second kappa shape index (κ2) is 4.25. The van der Waals surface area contributed by atoms with E-state index in [1.165, 1.54) is 32.2 Å². The first kappa shape index (κ1) is 9.22. The fourth-order valence-corrected chi connectivity index (χ4v) is 2.88. The number of nitrogens with zero attached hydrogens (tertiary/aromatic N) is 1. The predicted octanol–water partition coefficient (Wildman–Crippen LogP) is 2.91. The van der Waals surface area contributed by atoms with Gasteiger partial charge < -0.3 is 4.90 Å². The minimum Gasteiger partial charge on any atom is -0.302 e. The molecule has 13 heavy (non-hydrogen) atoms. The van der Waals surface area contributed by atoms with Crippen molar-refractivity contribution in [2.45, 2.75) is 32.2 Å². The van der Waals surface area contributed by atoms with E-state index in [1.54, 1.807) is 10.4 Å². The smallest absolute Gasteiger partial charge is 0.0241 e. The summed E-state index contributed by atoms with van der Waals surface area (Å²) in [4.78, 5) is 4.06. The van der Waals surface area contributed by atoms with Gasteiger partial charge in [-0.15, -0.1) is 11.3 Å². The number of fused-ring (bicyclic) bond motifs is 1. The van der Waals surface area contributed by atoms with Crippen molar-refractivity contribution in [3.63, 3.8) is 0 Å². The van der Waals surface area contributed by atoms with Crippen LogP contribution >= 0.6 is 11.3 Å². The summed E-state index contributed by atoms with van der Waals surface area (Å²) >= 11 is 1.93. The van der Waals surface area contributed by atoms with Crippen LogP contribution in [0.25, 0.3) is 0 Å². The molecule has 2 rings (SSSR count). The predicted molar refractivity (Wildman–Crippen MR) is 58.2 cm³/mol. The third-order valence-electron chi connectivity index (χ3n) is 2.72. The molecule has 0 bridgehead atoms. The van der Waals surface area contributed by atoms with E-state index in [2.05, 4.69) is 23.4 Å². The van der Waals surface area contributed by atoms with E-state index in [-0.39, 0.29) is 0 Å². The van der Waals surface area contributed by atoms with E-state index >= 15 is 0 Å². The maximum Gasteiger partial charge on any atom is 0.0241 e. The molecular formula is C11H17NS. The maximum absolute atomic E-state index is 2.44. The van der Waals surface area contributed by atoms with E-state index in [0.29, 0.717) is 0 Å². The third-order valence-corrected chi connectivity index (χ3v) is 3.74. The molecule has 0 aromatic carbocycles. The average Bonchev–Trinajstić information content (AvgIpc) is 2.52. The van der Waals surface area contributed by atoms with Crippen molar-refractivity contribution in [3.05, 3.63) is 21.9 Å². The molecule has 1 aromatic heterocycles. The number of thiophene rings is 1. The van der Waals surface area contributed by atoms with Gasteiger partial charge in [0.1, 0.15) is 0 Å². The molecule has 1 aliphatic rings. The van der Waals surface area contributed by atoms with E-state index < -0.39 is 0 Å². The second-order valence-electron chi connectivity index (χ2n) is 3.92. The molecule has 0 aliphatic carbocycles. The summed E-state index contributed by atoms with van der Waals surface area (Å²) in [6, 6.07) is 2.29. The highest BCUT2D eigenvalue weighted by Gasteiger charge is 2.09. The summed E-state index contributed by atoms with van der Waals surface area (Å²) in [7, 11) is 2.23.